The fourth-order valence-corrected chi connectivity index (χ4v) is 3.89. The maximum atomic E-state index is 9.97. The maximum Gasteiger partial charge on any atom is 0.138 e. The first-order valence-corrected chi connectivity index (χ1v) is 7.15. The summed E-state index contributed by atoms with van der Waals surface area (Å²) in [7, 11) is 0. The topological polar surface area (TPSA) is 20.2 Å². The van der Waals surface area contributed by atoms with Gasteiger partial charge < -0.3 is 5.11 Å². The van der Waals surface area contributed by atoms with E-state index in [4.69, 9.17) is 0 Å². The average molecular weight is 460 g/mol. The van der Waals surface area contributed by atoms with Crippen LogP contribution in [0.2, 0.25) is 0 Å². The summed E-state index contributed by atoms with van der Waals surface area (Å²) in [5.41, 5.74) is 0. The molecule has 1 nitrogen and oxygen atoms in total. The van der Waals surface area contributed by atoms with Crippen molar-refractivity contribution in [3.63, 3.8) is 0 Å². The van der Waals surface area contributed by atoms with Crippen molar-refractivity contribution in [2.24, 2.45) is 0 Å². The van der Waals surface area contributed by atoms with Crippen LogP contribution in [0.25, 0.3) is 10.8 Å². The predicted molar refractivity (Wildman–Crippen MR) is 76.4 cm³/mol. The Morgan fingerprint density at radius 2 is 1.53 bits per heavy atom. The van der Waals surface area contributed by atoms with Crippen LogP contribution in [0.15, 0.2) is 36.1 Å². The van der Waals surface area contributed by atoms with Crippen molar-refractivity contribution in [1.82, 2.24) is 0 Å². The van der Waals surface area contributed by atoms with Crippen LogP contribution >= 0.6 is 63.7 Å². The van der Waals surface area contributed by atoms with Gasteiger partial charge in [0.05, 0.1) is 8.95 Å². The Labute approximate surface area is 120 Å². The molecule has 78 valence electrons. The molecule has 0 aliphatic heterocycles. The third-order valence-corrected chi connectivity index (χ3v) is 6.16. The van der Waals surface area contributed by atoms with Gasteiger partial charge in [0.25, 0.3) is 0 Å². The number of phenolic OH excluding ortho intramolecular Hbond substituents is 1. The van der Waals surface area contributed by atoms with E-state index in [0.717, 1.165) is 24.2 Å². The summed E-state index contributed by atoms with van der Waals surface area (Å²) in [4.78, 5) is 0. The van der Waals surface area contributed by atoms with Crippen molar-refractivity contribution in [3.8, 4) is 5.75 Å². The van der Waals surface area contributed by atoms with Crippen LogP contribution in [0.3, 0.4) is 0 Å². The maximum absolute atomic E-state index is 9.97. The Bertz CT molecular complexity index is 551. The van der Waals surface area contributed by atoms with Crippen LogP contribution < -0.4 is 0 Å². The fraction of sp³-hybridized carbons (Fsp3) is 0. The molecule has 0 aromatic heterocycles. The summed E-state index contributed by atoms with van der Waals surface area (Å²) in [6, 6.07) is 5.70. The lowest BCUT2D eigenvalue weighted by Gasteiger charge is -2.10. The Balaban J connectivity index is 3.08. The monoisotopic (exact) mass is 456 g/mol. The van der Waals surface area contributed by atoms with E-state index in [2.05, 4.69) is 63.7 Å². The van der Waals surface area contributed by atoms with E-state index in [1.54, 1.807) is 0 Å². The van der Waals surface area contributed by atoms with E-state index in [-0.39, 0.29) is 5.75 Å². The van der Waals surface area contributed by atoms with Gasteiger partial charge in [-0.3, -0.25) is 0 Å². The summed E-state index contributed by atoms with van der Waals surface area (Å²) in [5.74, 6) is 0.237. The summed E-state index contributed by atoms with van der Waals surface area (Å²) in [6.45, 7) is 0. The number of halogens is 4. The van der Waals surface area contributed by atoms with E-state index >= 15 is 0 Å². The largest absolute Gasteiger partial charge is 0.506 e. The molecule has 0 spiro atoms. The lowest BCUT2D eigenvalue weighted by Crippen LogP contribution is -1.82. The van der Waals surface area contributed by atoms with Gasteiger partial charge in [0, 0.05) is 19.7 Å². The minimum absolute atomic E-state index is 0.237. The van der Waals surface area contributed by atoms with E-state index in [1.165, 1.54) is 0 Å². The lowest BCUT2D eigenvalue weighted by atomic mass is 10.1. The van der Waals surface area contributed by atoms with Gasteiger partial charge in [-0.15, -0.1) is 0 Å². The molecule has 5 heteroatoms. The summed E-state index contributed by atoms with van der Waals surface area (Å²) < 4.78 is 3.31. The van der Waals surface area contributed by atoms with Gasteiger partial charge in [0.15, 0.2) is 0 Å². The molecule has 0 bridgehead atoms. The van der Waals surface area contributed by atoms with Crippen molar-refractivity contribution in [2.45, 2.75) is 0 Å². The Morgan fingerprint density at radius 1 is 0.867 bits per heavy atom. The molecule has 0 saturated heterocycles. The number of aromatic hydroxyl groups is 1. The second-order valence-electron chi connectivity index (χ2n) is 2.95. The molecule has 2 aromatic rings. The Kier molecular flexibility index (Phi) is 3.45. The van der Waals surface area contributed by atoms with Gasteiger partial charge in [0.1, 0.15) is 5.75 Å². The molecule has 2 rings (SSSR count). The third-order valence-electron chi connectivity index (χ3n) is 2.08. The predicted octanol–water partition coefficient (Wildman–Crippen LogP) is 5.60. The highest BCUT2D eigenvalue weighted by molar-refractivity contribution is 9.14. The van der Waals surface area contributed by atoms with Crippen molar-refractivity contribution >= 4 is 74.5 Å². The van der Waals surface area contributed by atoms with Crippen molar-refractivity contribution in [3.05, 3.63) is 36.1 Å². The van der Waals surface area contributed by atoms with E-state index < -0.39 is 0 Å². The molecule has 15 heavy (non-hydrogen) atoms. The first-order valence-electron chi connectivity index (χ1n) is 3.97. The minimum atomic E-state index is 0.237. The quantitative estimate of drug-likeness (QED) is 0.509. The first-order chi connectivity index (χ1) is 7.04. The van der Waals surface area contributed by atoms with Gasteiger partial charge >= 0.3 is 0 Å². The molecule has 0 radical (unpaired) electrons. The molecule has 1 N–H and O–H groups in total. The Hall–Kier alpha value is 0.420. The van der Waals surface area contributed by atoms with Gasteiger partial charge in [-0.05, 0) is 53.9 Å². The highest BCUT2D eigenvalue weighted by Gasteiger charge is 2.15. The summed E-state index contributed by atoms with van der Waals surface area (Å²) in [6.07, 6.45) is 0. The lowest BCUT2D eigenvalue weighted by molar-refractivity contribution is 0.478. The zero-order valence-corrected chi connectivity index (χ0v) is 13.5. The molecule has 0 unspecified atom stereocenters. The molecular formula is C10H4Br4O. The van der Waals surface area contributed by atoms with Crippen LogP contribution in [-0.2, 0) is 0 Å². The van der Waals surface area contributed by atoms with E-state index in [9.17, 15) is 5.11 Å². The standard InChI is InChI=1S/C10H4Br4O/c11-5-3-1-2-4-6(5)7(12)8(13)9(14)10(4)15/h1-3,15H. The molecule has 0 saturated carbocycles. The molecule has 2 aromatic carbocycles. The number of benzene rings is 2. The fourth-order valence-electron chi connectivity index (χ4n) is 1.37. The molecule has 0 fully saturated rings. The normalized spacial score (nSPS) is 10.9. The summed E-state index contributed by atoms with van der Waals surface area (Å²) in [5, 5.41) is 11.7. The van der Waals surface area contributed by atoms with Crippen LogP contribution in [0.1, 0.15) is 0 Å². The molecule has 0 aliphatic carbocycles. The van der Waals surface area contributed by atoms with Crippen LogP contribution in [0.4, 0.5) is 0 Å². The number of phenols is 1. The zero-order chi connectivity index (χ0) is 11.2. The van der Waals surface area contributed by atoms with Crippen molar-refractivity contribution < 1.29 is 5.11 Å². The second kappa shape index (κ2) is 4.35. The molecule has 0 atom stereocenters. The number of hydrogen-bond donors (Lipinski definition) is 1. The highest BCUT2D eigenvalue weighted by Crippen LogP contribution is 2.46. The smallest absolute Gasteiger partial charge is 0.138 e. The zero-order valence-electron chi connectivity index (χ0n) is 7.19. The van der Waals surface area contributed by atoms with E-state index in [0.29, 0.717) is 4.47 Å². The second-order valence-corrected chi connectivity index (χ2v) is 6.19. The van der Waals surface area contributed by atoms with Gasteiger partial charge in [-0.2, -0.15) is 0 Å². The first kappa shape index (κ1) is 11.9. The molecule has 0 heterocycles. The summed E-state index contributed by atoms with van der Waals surface area (Å²) >= 11 is 13.7. The number of hydrogen-bond acceptors (Lipinski definition) is 1. The van der Waals surface area contributed by atoms with Gasteiger partial charge in [-0.25, -0.2) is 0 Å². The minimum Gasteiger partial charge on any atom is -0.506 e. The van der Waals surface area contributed by atoms with Gasteiger partial charge in [-0.1, -0.05) is 28.1 Å². The Morgan fingerprint density at radius 3 is 2.20 bits per heavy atom. The number of fused-ring (bicyclic) bond motifs is 1. The SMILES string of the molecule is Oc1c(Br)c(Br)c(Br)c2c(Br)cccc12. The van der Waals surface area contributed by atoms with Crippen LogP contribution in [0, 0.1) is 0 Å². The highest BCUT2D eigenvalue weighted by atomic mass is 79.9. The van der Waals surface area contributed by atoms with Crippen molar-refractivity contribution in [1.29, 1.82) is 0 Å². The number of rotatable bonds is 0. The molecule has 0 amide bonds. The third kappa shape index (κ3) is 1.88. The van der Waals surface area contributed by atoms with Gasteiger partial charge in [0.2, 0.25) is 0 Å². The van der Waals surface area contributed by atoms with Crippen molar-refractivity contribution in [2.75, 3.05) is 0 Å². The molecular weight excluding hydrogens is 456 g/mol. The average Bonchev–Trinajstić information content (AvgIpc) is 2.23. The van der Waals surface area contributed by atoms with E-state index in [1.807, 2.05) is 18.2 Å². The molecule has 0 aliphatic rings. The van der Waals surface area contributed by atoms with Crippen LogP contribution in [0.5, 0.6) is 5.75 Å². The van der Waals surface area contributed by atoms with Crippen LogP contribution in [-0.4, -0.2) is 5.11 Å².